The van der Waals surface area contributed by atoms with Gasteiger partial charge in [-0.2, -0.15) is 0 Å². The maximum absolute atomic E-state index is 13.3. The van der Waals surface area contributed by atoms with Crippen molar-refractivity contribution in [3.05, 3.63) is 103 Å². The Morgan fingerprint density at radius 3 is 1.08 bits per heavy atom. The lowest BCUT2D eigenvalue weighted by molar-refractivity contribution is -0.534. The monoisotopic (exact) mass is 1590 g/mol. The fourth-order valence-electron chi connectivity index (χ4n) is 19.4. The molecule has 0 aromatic heterocycles. The van der Waals surface area contributed by atoms with Crippen LogP contribution in [0.25, 0.3) is 0 Å². The number of likely N-dealkylation sites (tertiary alicyclic amines) is 3. The number of aryl methyl sites for hydroxylation is 2. The van der Waals surface area contributed by atoms with Gasteiger partial charge in [-0.1, -0.05) is 111 Å². The van der Waals surface area contributed by atoms with Crippen LogP contribution >= 0.6 is 0 Å². The lowest BCUT2D eigenvalue weighted by atomic mass is 9.80. The zero-order valence-electron chi connectivity index (χ0n) is 72.1. The summed E-state index contributed by atoms with van der Waals surface area (Å²) >= 11 is 0. The minimum absolute atomic E-state index is 0.0181. The van der Waals surface area contributed by atoms with Gasteiger partial charge in [0.05, 0.1) is 11.0 Å². The third kappa shape index (κ3) is 29.3. The highest BCUT2D eigenvalue weighted by Crippen LogP contribution is 2.38. The van der Waals surface area contributed by atoms with E-state index in [4.69, 9.17) is 19.9 Å². The number of amides is 5. The molecular weight excluding hydrogens is 1440 g/mol. The van der Waals surface area contributed by atoms with Crippen LogP contribution in [0.5, 0.6) is 0 Å². The van der Waals surface area contributed by atoms with Crippen molar-refractivity contribution >= 4 is 30.1 Å². The Morgan fingerprint density at radius 2 is 0.728 bits per heavy atom. The van der Waals surface area contributed by atoms with E-state index in [-0.39, 0.29) is 34.2 Å². The first-order chi connectivity index (χ1) is 54.3. The zero-order valence-corrected chi connectivity index (χ0v) is 72.1. The van der Waals surface area contributed by atoms with Crippen LogP contribution in [0, 0.1) is 45.9 Å². The van der Waals surface area contributed by atoms with Crippen LogP contribution < -0.4 is 5.73 Å². The highest BCUT2D eigenvalue weighted by Gasteiger charge is 2.42. The van der Waals surface area contributed by atoms with E-state index in [0.29, 0.717) is 124 Å². The van der Waals surface area contributed by atoms with Gasteiger partial charge in [-0.25, -0.2) is 14.4 Å². The fourth-order valence-corrected chi connectivity index (χ4v) is 19.4. The van der Waals surface area contributed by atoms with E-state index in [1.807, 2.05) is 72.1 Å². The summed E-state index contributed by atoms with van der Waals surface area (Å²) in [5.41, 5.74) is 10.8. The van der Waals surface area contributed by atoms with E-state index in [1.165, 1.54) is 119 Å². The van der Waals surface area contributed by atoms with Gasteiger partial charge in [-0.15, -0.1) is 0 Å². The second-order valence-electron chi connectivity index (χ2n) is 37.8. The molecule has 10 fully saturated rings. The lowest BCUT2D eigenvalue weighted by Gasteiger charge is -2.44. The van der Waals surface area contributed by atoms with Crippen molar-refractivity contribution in [1.82, 2.24) is 44.1 Å². The molecule has 114 heavy (non-hydrogen) atoms. The number of carbonyl (C=O) groups is 5. The molecule has 8 atom stereocenters. The summed E-state index contributed by atoms with van der Waals surface area (Å²) in [5.74, 6) is 2.99. The molecule has 5 aliphatic carbocycles. The van der Waals surface area contributed by atoms with Crippen LogP contribution in [0.1, 0.15) is 283 Å². The number of nitrogens with two attached hydrogens (primary N) is 1. The number of piperazine rings is 3. The second-order valence-corrected chi connectivity index (χ2v) is 37.8. The van der Waals surface area contributed by atoms with Crippen molar-refractivity contribution in [2.45, 2.75) is 327 Å². The summed E-state index contributed by atoms with van der Waals surface area (Å²) in [6, 6.07) is 19.4. The number of hydrogen-bond donors (Lipinski definition) is 1. The van der Waals surface area contributed by atoms with E-state index < -0.39 is 22.8 Å². The maximum atomic E-state index is 13.3. The molecule has 4 saturated carbocycles. The van der Waals surface area contributed by atoms with Crippen LogP contribution in [-0.2, 0) is 23.8 Å². The van der Waals surface area contributed by atoms with Gasteiger partial charge < -0.3 is 49.3 Å². The van der Waals surface area contributed by atoms with Gasteiger partial charge in [0.2, 0.25) is 23.6 Å². The third-order valence-corrected chi connectivity index (χ3v) is 25.8. The predicted molar refractivity (Wildman–Crippen MR) is 451 cm³/mol. The summed E-state index contributed by atoms with van der Waals surface area (Å²) in [4.78, 5) is 103. The number of nitro groups is 2. The molecule has 0 spiro atoms. The Kier molecular flexibility index (Phi) is 35.6. The average Bonchev–Trinajstić information content (AvgIpc) is 0.823. The average molecular weight is 1590 g/mol. The van der Waals surface area contributed by atoms with E-state index in [0.717, 1.165) is 149 Å². The number of benzene rings is 2. The molecule has 6 heterocycles. The molecule has 2 aromatic carbocycles. The van der Waals surface area contributed by atoms with Gasteiger partial charge in [0.1, 0.15) is 16.8 Å². The Balaban J connectivity index is 0.000000171. The first kappa shape index (κ1) is 91.4. The Morgan fingerprint density at radius 1 is 0.386 bits per heavy atom. The van der Waals surface area contributed by atoms with E-state index in [9.17, 15) is 44.2 Å². The molecule has 24 heteroatoms. The van der Waals surface area contributed by atoms with Gasteiger partial charge >= 0.3 is 18.3 Å². The van der Waals surface area contributed by atoms with Crippen LogP contribution in [0.3, 0.4) is 0 Å². The van der Waals surface area contributed by atoms with Crippen molar-refractivity contribution in [3.63, 3.8) is 0 Å². The standard InChI is InChI=1S/C29H45N3O3.C25H38N2O.C15H27N3O4.C15H29N3O2.C6H9NO2/c1-22-9-11-23(12-10-22)24-13-15-31(16-14-24)27(33)21-25-7-5-6-8-26(25)30-17-19-32(20-18-30)28(34)35-29(2,3)4;1-20-9-11-21(12-10-20)22-13-17-27(18-14-22)25(28)19-23-7-3-4-8-24(23)26-15-5-2-6-16-26;1-15(2,3)22-14(19)17-10-8-16(9-11-17)12-6-4-5-7-13(12)18(20)21;1-15(2,3)20-14(19)18-10-8-17(9-11-18)13-7-5-4-6-12(13)16;8-7(9)6-4-2-1-3-5-6/h9-12,24-26H,5-8,13-21H2,1-4H3;9-12,22-24H,2-8,13-19H2,1H3;12-13H,4-11H2,1-3H3;12-13H,4-11,16H2,1-3H3;4H,1-3,5H2/t25-,26?;23-,24?;12?,13-;12-,13?;/m1100./s1. The van der Waals surface area contributed by atoms with E-state index in [1.54, 1.807) is 11.0 Å². The Bertz CT molecular complexity index is 3330. The molecule has 640 valence electrons. The minimum atomic E-state index is -0.492. The first-order valence-corrected chi connectivity index (χ1v) is 44.7. The number of nitrogens with zero attached hydrogens (tertiary/aromatic N) is 11. The molecule has 24 nitrogen and oxygen atoms in total. The van der Waals surface area contributed by atoms with Crippen LogP contribution in [0.2, 0.25) is 0 Å². The SMILES string of the molecule is CC(C)(C)OC(=O)N1CCN(C2CCCC[C@@H]2N)CC1.CC(C)(C)OC(=O)N1CCN(C2CCCC[C@@H]2[N+](=O)[O-])CC1.Cc1ccc(C2CCN(C(=O)C[C@H]3CCCCC3N3CCCCC3)CC2)cc1.Cc1ccc(C2CCN(C(=O)C[C@H]3CCCCC3N3CCN(C(=O)OC(C)(C)C)CC3)CC2)cc1.O=[N+]([O-])C1=CCCCC1. The van der Waals surface area contributed by atoms with E-state index in [2.05, 4.69) is 91.8 Å². The van der Waals surface area contributed by atoms with Crippen molar-refractivity contribution in [1.29, 1.82) is 0 Å². The molecule has 11 aliphatic rings. The van der Waals surface area contributed by atoms with Crippen molar-refractivity contribution < 1.29 is 48.0 Å². The molecular formula is C90H148N12O12. The molecule has 6 saturated heterocycles. The maximum Gasteiger partial charge on any atom is 0.410 e. The molecule has 5 amide bonds. The number of hydrogen-bond acceptors (Lipinski definition) is 17. The number of ether oxygens (including phenoxy) is 3. The van der Waals surface area contributed by atoms with Crippen molar-refractivity contribution in [2.75, 3.05) is 118 Å². The summed E-state index contributed by atoms with van der Waals surface area (Å²) in [5, 5.41) is 21.3. The second kappa shape index (κ2) is 44.4. The first-order valence-electron chi connectivity index (χ1n) is 44.7. The fraction of sp³-hybridized carbons (Fsp3) is 0.789. The molecule has 2 N–H and O–H groups in total. The third-order valence-electron chi connectivity index (χ3n) is 25.8. The van der Waals surface area contributed by atoms with Crippen LogP contribution in [-0.4, -0.2) is 255 Å². The number of carbonyl (C=O) groups excluding carboxylic acids is 5. The highest BCUT2D eigenvalue weighted by atomic mass is 16.6. The Hall–Kier alpha value is -6.47. The number of piperidine rings is 3. The molecule has 0 bridgehead atoms. The van der Waals surface area contributed by atoms with Crippen LogP contribution in [0.4, 0.5) is 14.4 Å². The number of rotatable bonds is 12. The van der Waals surface area contributed by atoms with Gasteiger partial charge in [0.15, 0.2) is 0 Å². The van der Waals surface area contributed by atoms with Gasteiger partial charge in [0, 0.05) is 159 Å². The van der Waals surface area contributed by atoms with Crippen molar-refractivity contribution in [2.24, 2.45) is 17.6 Å². The van der Waals surface area contributed by atoms with Crippen LogP contribution in [0.15, 0.2) is 60.3 Å². The number of allylic oxidation sites excluding steroid dienone is 2. The zero-order chi connectivity index (χ0) is 82.1. The largest absolute Gasteiger partial charge is 0.444 e. The van der Waals surface area contributed by atoms with Gasteiger partial charge in [-0.3, -0.25) is 44.5 Å². The minimum Gasteiger partial charge on any atom is -0.444 e. The summed E-state index contributed by atoms with van der Waals surface area (Å²) in [7, 11) is 0. The summed E-state index contributed by atoms with van der Waals surface area (Å²) in [6.45, 7) is 36.5. The van der Waals surface area contributed by atoms with Crippen molar-refractivity contribution in [3.8, 4) is 0 Å². The highest BCUT2D eigenvalue weighted by molar-refractivity contribution is 5.77. The topological polar surface area (TPSA) is 254 Å². The molecule has 4 unspecified atom stereocenters. The smallest absolute Gasteiger partial charge is 0.410 e. The molecule has 6 aliphatic heterocycles. The molecule has 2 aromatic rings. The van der Waals surface area contributed by atoms with Gasteiger partial charge in [0.25, 0.3) is 0 Å². The molecule has 0 radical (unpaired) electrons. The summed E-state index contributed by atoms with van der Waals surface area (Å²) < 4.78 is 16.4. The van der Waals surface area contributed by atoms with E-state index >= 15 is 0 Å². The predicted octanol–water partition coefficient (Wildman–Crippen LogP) is 16.0. The Labute approximate surface area is 684 Å². The quantitative estimate of drug-likeness (QED) is 0.118. The lowest BCUT2D eigenvalue weighted by Crippen LogP contribution is -2.57. The normalized spacial score (nSPS) is 26.4. The van der Waals surface area contributed by atoms with Gasteiger partial charge in [-0.05, 0) is 239 Å². The molecule has 13 rings (SSSR count). The summed E-state index contributed by atoms with van der Waals surface area (Å²) in [6.07, 6.45) is 33.0.